The van der Waals surface area contributed by atoms with E-state index in [-0.39, 0.29) is 6.09 Å². The van der Waals surface area contributed by atoms with Crippen molar-refractivity contribution in [3.05, 3.63) is 11.9 Å². The van der Waals surface area contributed by atoms with Crippen molar-refractivity contribution < 1.29 is 13.9 Å². The molecule has 0 unspecified atom stereocenters. The first kappa shape index (κ1) is 12.4. The van der Waals surface area contributed by atoms with Gasteiger partial charge in [0.25, 0.3) is 0 Å². The first-order chi connectivity index (χ1) is 7.89. The summed E-state index contributed by atoms with van der Waals surface area (Å²) >= 11 is 0. The molecule has 2 aliphatic rings. The third-order valence-electron chi connectivity index (χ3n) is 3.43. The molecule has 0 spiro atoms. The van der Waals surface area contributed by atoms with Gasteiger partial charge < -0.3 is 9.64 Å². The molecule has 0 radical (unpaired) electrons. The van der Waals surface area contributed by atoms with E-state index in [0.717, 1.165) is 24.7 Å². The van der Waals surface area contributed by atoms with E-state index in [1.807, 2.05) is 20.8 Å². The van der Waals surface area contributed by atoms with Crippen LogP contribution >= 0.6 is 0 Å². The second-order valence-corrected chi connectivity index (χ2v) is 6.08. The maximum atomic E-state index is 12.4. The van der Waals surface area contributed by atoms with Gasteiger partial charge in [0.1, 0.15) is 5.60 Å². The van der Waals surface area contributed by atoms with Crippen LogP contribution in [0.3, 0.4) is 0 Å². The summed E-state index contributed by atoms with van der Waals surface area (Å²) in [6, 6.07) is 0. The first-order valence-corrected chi connectivity index (χ1v) is 6.15. The Morgan fingerprint density at radius 3 is 2.29 bits per heavy atom. The van der Waals surface area contributed by atoms with E-state index in [2.05, 4.69) is 0 Å². The summed E-state index contributed by atoms with van der Waals surface area (Å²) in [5.74, 6) is 0.842. The molecule has 1 saturated carbocycles. The number of nitrogens with zero attached hydrogens (tertiary/aromatic N) is 1. The topological polar surface area (TPSA) is 29.5 Å². The molecule has 0 aromatic carbocycles. The smallest absolute Gasteiger partial charge is 0.410 e. The molecule has 0 aromatic heterocycles. The number of carbonyl (C=O) groups excluding carboxylic acids is 1. The van der Waals surface area contributed by atoms with Crippen molar-refractivity contribution in [2.75, 3.05) is 13.1 Å². The van der Waals surface area contributed by atoms with Crippen LogP contribution in [0.4, 0.5) is 9.18 Å². The van der Waals surface area contributed by atoms with Crippen LogP contribution in [0.2, 0.25) is 0 Å². The number of amides is 1. The molecule has 1 heterocycles. The summed E-state index contributed by atoms with van der Waals surface area (Å²) in [7, 11) is 0. The fraction of sp³-hybridized carbons (Fsp3) is 0.769. The van der Waals surface area contributed by atoms with E-state index in [1.165, 1.54) is 0 Å². The van der Waals surface area contributed by atoms with Crippen LogP contribution < -0.4 is 0 Å². The van der Waals surface area contributed by atoms with Gasteiger partial charge in [0.2, 0.25) is 0 Å². The lowest BCUT2D eigenvalue weighted by Gasteiger charge is -2.24. The Kier molecular flexibility index (Phi) is 3.15. The van der Waals surface area contributed by atoms with Gasteiger partial charge in [0.05, 0.1) is 6.33 Å². The first-order valence-electron chi connectivity index (χ1n) is 6.15. The molecule has 0 aromatic rings. The van der Waals surface area contributed by atoms with Gasteiger partial charge in [-0.2, -0.15) is 0 Å². The normalized spacial score (nSPS) is 30.8. The van der Waals surface area contributed by atoms with Gasteiger partial charge in [-0.05, 0) is 51.0 Å². The summed E-state index contributed by atoms with van der Waals surface area (Å²) in [5.41, 5.74) is 0.447. The predicted molar refractivity (Wildman–Crippen MR) is 63.2 cm³/mol. The zero-order valence-corrected chi connectivity index (χ0v) is 10.7. The predicted octanol–water partition coefficient (Wildman–Crippen LogP) is 3.12. The Balaban J connectivity index is 1.90. The number of hydrogen-bond acceptors (Lipinski definition) is 2. The SMILES string of the molecule is CC(C)(C)OC(=O)N1C[C@H]2CC(=CF)C[C@H]2C1. The van der Waals surface area contributed by atoms with Gasteiger partial charge in [-0.15, -0.1) is 0 Å². The Bertz CT molecular complexity index is 330. The van der Waals surface area contributed by atoms with Gasteiger partial charge in [0.15, 0.2) is 0 Å². The van der Waals surface area contributed by atoms with Crippen LogP contribution in [0.1, 0.15) is 33.6 Å². The second-order valence-electron chi connectivity index (χ2n) is 6.08. The maximum Gasteiger partial charge on any atom is 0.410 e. The third kappa shape index (κ3) is 2.79. The zero-order chi connectivity index (χ0) is 12.6. The van der Waals surface area contributed by atoms with Crippen LogP contribution in [-0.2, 0) is 4.74 Å². The highest BCUT2D eigenvalue weighted by atomic mass is 19.1. The number of allylic oxidation sites excluding steroid dienone is 1. The average molecular weight is 241 g/mol. The molecule has 17 heavy (non-hydrogen) atoms. The summed E-state index contributed by atoms with van der Waals surface area (Å²) in [6.45, 7) is 7.01. The fourth-order valence-electron chi connectivity index (χ4n) is 2.72. The number of likely N-dealkylation sites (tertiary alicyclic amines) is 1. The monoisotopic (exact) mass is 241 g/mol. The summed E-state index contributed by atoms with van der Waals surface area (Å²) in [6.07, 6.45) is 2.08. The molecule has 2 atom stereocenters. The Labute approximate surface area is 102 Å². The summed E-state index contributed by atoms with van der Waals surface area (Å²) in [5, 5.41) is 0. The van der Waals surface area contributed by atoms with Crippen LogP contribution in [0.15, 0.2) is 11.9 Å². The average Bonchev–Trinajstić information content (AvgIpc) is 2.70. The Morgan fingerprint density at radius 2 is 1.88 bits per heavy atom. The van der Waals surface area contributed by atoms with Gasteiger partial charge >= 0.3 is 6.09 Å². The molecule has 2 fully saturated rings. The number of carbonyl (C=O) groups is 1. The molecule has 1 aliphatic heterocycles. The standard InChI is InChI=1S/C13H20FNO2/c1-13(2,3)17-12(16)15-7-10-4-9(6-14)5-11(10)8-15/h6,10-11H,4-5,7-8H2,1-3H3/t10-,11+. The molecule has 2 rings (SSSR count). The largest absolute Gasteiger partial charge is 0.444 e. The van der Waals surface area contributed by atoms with Crippen molar-refractivity contribution in [1.29, 1.82) is 0 Å². The maximum absolute atomic E-state index is 12.4. The lowest BCUT2D eigenvalue weighted by Crippen LogP contribution is -2.35. The van der Waals surface area contributed by atoms with E-state index >= 15 is 0 Å². The second kappa shape index (κ2) is 4.31. The molecular weight excluding hydrogens is 221 g/mol. The molecule has 4 heteroatoms. The number of fused-ring (bicyclic) bond motifs is 1. The van der Waals surface area contributed by atoms with Crippen molar-refractivity contribution in [2.45, 2.75) is 39.2 Å². The fourth-order valence-corrected chi connectivity index (χ4v) is 2.72. The van der Waals surface area contributed by atoms with E-state index in [4.69, 9.17) is 4.74 Å². The van der Waals surface area contributed by atoms with E-state index in [9.17, 15) is 9.18 Å². The van der Waals surface area contributed by atoms with E-state index < -0.39 is 5.60 Å². The van der Waals surface area contributed by atoms with Crippen LogP contribution in [0.5, 0.6) is 0 Å². The minimum Gasteiger partial charge on any atom is -0.444 e. The van der Waals surface area contributed by atoms with Crippen molar-refractivity contribution in [3.63, 3.8) is 0 Å². The molecule has 0 N–H and O–H groups in total. The molecule has 96 valence electrons. The molecule has 0 bridgehead atoms. The number of hydrogen-bond donors (Lipinski definition) is 0. The molecule has 1 aliphatic carbocycles. The molecule has 1 saturated heterocycles. The van der Waals surface area contributed by atoms with E-state index in [1.54, 1.807) is 4.90 Å². The molecule has 1 amide bonds. The summed E-state index contributed by atoms with van der Waals surface area (Å²) < 4.78 is 17.8. The highest BCUT2D eigenvalue weighted by molar-refractivity contribution is 5.68. The van der Waals surface area contributed by atoms with Crippen LogP contribution in [-0.4, -0.2) is 29.7 Å². The van der Waals surface area contributed by atoms with Crippen molar-refractivity contribution in [1.82, 2.24) is 4.90 Å². The molecular formula is C13H20FNO2. The van der Waals surface area contributed by atoms with Gasteiger partial charge in [0, 0.05) is 13.1 Å². The van der Waals surface area contributed by atoms with Crippen molar-refractivity contribution in [2.24, 2.45) is 11.8 Å². The van der Waals surface area contributed by atoms with Gasteiger partial charge in [-0.25, -0.2) is 9.18 Å². The van der Waals surface area contributed by atoms with E-state index in [0.29, 0.717) is 24.9 Å². The highest BCUT2D eigenvalue weighted by Gasteiger charge is 2.41. The highest BCUT2D eigenvalue weighted by Crippen LogP contribution is 2.41. The quantitative estimate of drug-likeness (QED) is 0.652. The Morgan fingerprint density at radius 1 is 1.35 bits per heavy atom. The lowest BCUT2D eigenvalue weighted by atomic mass is 10.0. The minimum atomic E-state index is -0.446. The minimum absolute atomic E-state index is 0.238. The van der Waals surface area contributed by atoms with Gasteiger partial charge in [-0.1, -0.05) is 0 Å². The van der Waals surface area contributed by atoms with Crippen molar-refractivity contribution in [3.8, 4) is 0 Å². The summed E-state index contributed by atoms with van der Waals surface area (Å²) in [4.78, 5) is 13.6. The number of rotatable bonds is 0. The zero-order valence-electron chi connectivity index (χ0n) is 10.7. The Hall–Kier alpha value is -1.06. The lowest BCUT2D eigenvalue weighted by molar-refractivity contribution is 0.0282. The third-order valence-corrected chi connectivity index (χ3v) is 3.43. The number of halogens is 1. The van der Waals surface area contributed by atoms with Gasteiger partial charge in [-0.3, -0.25) is 0 Å². The van der Waals surface area contributed by atoms with Crippen molar-refractivity contribution >= 4 is 6.09 Å². The number of ether oxygens (including phenoxy) is 1. The van der Waals surface area contributed by atoms with Crippen LogP contribution in [0.25, 0.3) is 0 Å². The van der Waals surface area contributed by atoms with Crippen LogP contribution in [0, 0.1) is 11.8 Å². The molecule has 3 nitrogen and oxygen atoms in total.